The molecule has 1 aromatic carbocycles. The van der Waals surface area contributed by atoms with Crippen LogP contribution in [-0.4, -0.2) is 7.05 Å². The summed E-state index contributed by atoms with van der Waals surface area (Å²) >= 11 is 0. The first-order chi connectivity index (χ1) is 6.05. The van der Waals surface area contributed by atoms with Crippen LogP contribution in [0.15, 0.2) is 30.3 Å². The molecule has 0 spiro atoms. The van der Waals surface area contributed by atoms with Crippen LogP contribution in [0, 0.1) is 5.41 Å². The summed E-state index contributed by atoms with van der Waals surface area (Å²) in [5, 5.41) is 3.36. The molecule has 1 aromatic rings. The maximum Gasteiger partial charge on any atom is 0.0366 e. The van der Waals surface area contributed by atoms with Crippen LogP contribution in [0.3, 0.4) is 0 Å². The summed E-state index contributed by atoms with van der Waals surface area (Å²) in [6.07, 6.45) is 0. The van der Waals surface area contributed by atoms with E-state index in [-0.39, 0.29) is 5.41 Å². The Morgan fingerprint density at radius 3 is 2.00 bits per heavy atom. The fraction of sp³-hybridized carbons (Fsp3) is 0.500. The van der Waals surface area contributed by atoms with Gasteiger partial charge in [-0.15, -0.1) is 0 Å². The third-order valence-electron chi connectivity index (χ3n) is 2.29. The molecule has 0 amide bonds. The van der Waals surface area contributed by atoms with E-state index in [9.17, 15) is 0 Å². The molecule has 1 heteroatoms. The smallest absolute Gasteiger partial charge is 0.0366 e. The second-order valence-electron chi connectivity index (χ2n) is 4.50. The van der Waals surface area contributed by atoms with Gasteiger partial charge >= 0.3 is 0 Å². The average molecular weight is 177 g/mol. The van der Waals surface area contributed by atoms with E-state index in [1.54, 1.807) is 0 Å². The van der Waals surface area contributed by atoms with Gasteiger partial charge in [0.15, 0.2) is 0 Å². The molecule has 0 aliphatic heterocycles. The standard InChI is InChI=1S/C12H19N/c1-12(2,3)11(13-4)10-8-6-5-7-9-10/h5-9,11,13H,1-4H3/t11-/m1/s1. The molecule has 13 heavy (non-hydrogen) atoms. The Bertz CT molecular complexity index is 246. The Labute approximate surface area is 81.2 Å². The lowest BCUT2D eigenvalue weighted by Crippen LogP contribution is -2.29. The Hall–Kier alpha value is -0.820. The Balaban J connectivity index is 2.92. The summed E-state index contributed by atoms with van der Waals surface area (Å²) in [6, 6.07) is 11.0. The van der Waals surface area contributed by atoms with Gasteiger partial charge in [0, 0.05) is 6.04 Å². The molecule has 1 rings (SSSR count). The Morgan fingerprint density at radius 2 is 1.62 bits per heavy atom. The zero-order valence-electron chi connectivity index (χ0n) is 8.96. The van der Waals surface area contributed by atoms with E-state index in [0.29, 0.717) is 6.04 Å². The van der Waals surface area contributed by atoms with Crippen molar-refractivity contribution in [3.05, 3.63) is 35.9 Å². The van der Waals surface area contributed by atoms with Crippen molar-refractivity contribution >= 4 is 0 Å². The molecule has 0 bridgehead atoms. The normalized spacial score (nSPS) is 14.2. The Morgan fingerprint density at radius 1 is 1.08 bits per heavy atom. The average Bonchev–Trinajstić information content (AvgIpc) is 2.05. The number of rotatable bonds is 2. The highest BCUT2D eigenvalue weighted by Crippen LogP contribution is 2.31. The third-order valence-corrected chi connectivity index (χ3v) is 2.29. The van der Waals surface area contributed by atoms with Crippen molar-refractivity contribution in [3.8, 4) is 0 Å². The zero-order valence-corrected chi connectivity index (χ0v) is 8.96. The van der Waals surface area contributed by atoms with Gasteiger partial charge in [-0.1, -0.05) is 51.1 Å². The minimum atomic E-state index is 0.260. The number of benzene rings is 1. The van der Waals surface area contributed by atoms with Crippen molar-refractivity contribution < 1.29 is 0 Å². The fourth-order valence-electron chi connectivity index (χ4n) is 1.75. The van der Waals surface area contributed by atoms with E-state index in [0.717, 1.165) is 0 Å². The molecule has 0 aromatic heterocycles. The Kier molecular flexibility index (Phi) is 3.10. The first-order valence-electron chi connectivity index (χ1n) is 4.78. The van der Waals surface area contributed by atoms with Crippen molar-refractivity contribution in [2.45, 2.75) is 26.8 Å². The summed E-state index contributed by atoms with van der Waals surface area (Å²) in [7, 11) is 2.02. The highest BCUT2D eigenvalue weighted by atomic mass is 14.9. The van der Waals surface area contributed by atoms with Crippen LogP contribution >= 0.6 is 0 Å². The highest BCUT2D eigenvalue weighted by Gasteiger charge is 2.23. The first kappa shape index (κ1) is 10.3. The molecular weight excluding hydrogens is 158 g/mol. The maximum atomic E-state index is 3.36. The molecular formula is C12H19N. The molecule has 0 saturated heterocycles. The fourth-order valence-corrected chi connectivity index (χ4v) is 1.75. The molecule has 0 saturated carbocycles. The van der Waals surface area contributed by atoms with Crippen molar-refractivity contribution in [1.82, 2.24) is 5.32 Å². The van der Waals surface area contributed by atoms with Gasteiger partial charge in [-0.2, -0.15) is 0 Å². The molecule has 0 radical (unpaired) electrons. The minimum absolute atomic E-state index is 0.260. The SMILES string of the molecule is CN[C@H](c1ccccc1)C(C)(C)C. The van der Waals surface area contributed by atoms with Crippen LogP contribution in [0.4, 0.5) is 0 Å². The van der Waals surface area contributed by atoms with Crippen LogP contribution in [0.25, 0.3) is 0 Å². The van der Waals surface area contributed by atoms with Crippen LogP contribution in [0.5, 0.6) is 0 Å². The summed E-state index contributed by atoms with van der Waals surface area (Å²) < 4.78 is 0. The molecule has 1 nitrogen and oxygen atoms in total. The third kappa shape index (κ3) is 2.56. The highest BCUT2D eigenvalue weighted by molar-refractivity contribution is 5.20. The first-order valence-corrected chi connectivity index (χ1v) is 4.78. The van der Waals surface area contributed by atoms with Crippen LogP contribution in [-0.2, 0) is 0 Å². The van der Waals surface area contributed by atoms with Gasteiger partial charge in [0.1, 0.15) is 0 Å². The predicted octanol–water partition coefficient (Wildman–Crippen LogP) is 2.99. The van der Waals surface area contributed by atoms with Crippen LogP contribution in [0.1, 0.15) is 32.4 Å². The topological polar surface area (TPSA) is 12.0 Å². The van der Waals surface area contributed by atoms with E-state index in [1.165, 1.54) is 5.56 Å². The molecule has 72 valence electrons. The summed E-state index contributed by atoms with van der Waals surface area (Å²) in [5.74, 6) is 0. The van der Waals surface area contributed by atoms with Crippen molar-refractivity contribution in [1.29, 1.82) is 0 Å². The van der Waals surface area contributed by atoms with E-state index >= 15 is 0 Å². The summed E-state index contributed by atoms with van der Waals surface area (Å²) in [5.41, 5.74) is 1.62. The molecule has 0 unspecified atom stereocenters. The van der Waals surface area contributed by atoms with Crippen LogP contribution < -0.4 is 5.32 Å². The van der Waals surface area contributed by atoms with Crippen molar-refractivity contribution in [2.75, 3.05) is 7.05 Å². The lowest BCUT2D eigenvalue weighted by molar-refractivity contribution is 0.287. The maximum absolute atomic E-state index is 3.36. The predicted molar refractivity (Wildman–Crippen MR) is 57.7 cm³/mol. The molecule has 0 aliphatic rings. The van der Waals surface area contributed by atoms with Gasteiger partial charge in [-0.3, -0.25) is 0 Å². The van der Waals surface area contributed by atoms with Gasteiger partial charge < -0.3 is 5.32 Å². The van der Waals surface area contributed by atoms with Gasteiger partial charge in [-0.25, -0.2) is 0 Å². The molecule has 1 atom stereocenters. The lowest BCUT2D eigenvalue weighted by atomic mass is 9.82. The van der Waals surface area contributed by atoms with Gasteiger partial charge in [-0.05, 0) is 18.0 Å². The van der Waals surface area contributed by atoms with E-state index in [2.05, 4.69) is 56.4 Å². The van der Waals surface area contributed by atoms with Crippen molar-refractivity contribution in [2.24, 2.45) is 5.41 Å². The quantitative estimate of drug-likeness (QED) is 0.732. The molecule has 0 aliphatic carbocycles. The number of hydrogen-bond donors (Lipinski definition) is 1. The van der Waals surface area contributed by atoms with E-state index in [1.807, 2.05) is 7.05 Å². The number of nitrogens with one attached hydrogen (secondary N) is 1. The molecule has 0 fully saturated rings. The van der Waals surface area contributed by atoms with E-state index in [4.69, 9.17) is 0 Å². The van der Waals surface area contributed by atoms with E-state index < -0.39 is 0 Å². The second kappa shape index (κ2) is 3.93. The lowest BCUT2D eigenvalue weighted by Gasteiger charge is -2.30. The van der Waals surface area contributed by atoms with Gasteiger partial charge in [0.05, 0.1) is 0 Å². The summed E-state index contributed by atoms with van der Waals surface area (Å²) in [4.78, 5) is 0. The summed E-state index contributed by atoms with van der Waals surface area (Å²) in [6.45, 7) is 6.75. The molecule has 0 heterocycles. The zero-order chi connectivity index (χ0) is 9.90. The van der Waals surface area contributed by atoms with Crippen molar-refractivity contribution in [3.63, 3.8) is 0 Å². The molecule has 1 N–H and O–H groups in total. The number of hydrogen-bond acceptors (Lipinski definition) is 1. The monoisotopic (exact) mass is 177 g/mol. The minimum Gasteiger partial charge on any atom is -0.313 e. The largest absolute Gasteiger partial charge is 0.313 e. The van der Waals surface area contributed by atoms with Gasteiger partial charge in [0.25, 0.3) is 0 Å². The second-order valence-corrected chi connectivity index (χ2v) is 4.50. The van der Waals surface area contributed by atoms with Gasteiger partial charge in [0.2, 0.25) is 0 Å². The van der Waals surface area contributed by atoms with Crippen LogP contribution in [0.2, 0.25) is 0 Å².